The maximum absolute atomic E-state index is 11.5. The van der Waals surface area contributed by atoms with Crippen molar-refractivity contribution >= 4 is 51.8 Å². The monoisotopic (exact) mass is 508 g/mol. The fraction of sp³-hybridized carbons (Fsp3) is 0.529. The van der Waals surface area contributed by atoms with E-state index in [1.54, 1.807) is 7.05 Å². The number of nitrogens with one attached hydrogen (secondary N) is 2. The summed E-state index contributed by atoms with van der Waals surface area (Å²) in [6, 6.07) is 8.26. The number of piperidine rings is 1. The summed E-state index contributed by atoms with van der Waals surface area (Å²) in [4.78, 5) is 18.1. The molecule has 1 aliphatic rings. The molecule has 2 N–H and O–H groups in total. The number of halogens is 2. The Morgan fingerprint density at radius 1 is 1.38 bits per heavy atom. The number of nitrogens with zero attached hydrogens (tertiary/aromatic N) is 2. The number of rotatable bonds is 4. The molecule has 2 rings (SSSR count). The minimum atomic E-state index is 0. The molecule has 0 bridgehead atoms. The van der Waals surface area contributed by atoms with Crippen molar-refractivity contribution in [3.05, 3.63) is 34.3 Å². The van der Waals surface area contributed by atoms with Crippen LogP contribution < -0.4 is 10.6 Å². The highest BCUT2D eigenvalue weighted by Crippen LogP contribution is 2.20. The molecule has 7 heteroatoms. The second-order valence-corrected chi connectivity index (χ2v) is 6.75. The maximum atomic E-state index is 11.5. The normalized spacial score (nSPS) is 15.6. The van der Waals surface area contributed by atoms with Crippen molar-refractivity contribution in [1.29, 1.82) is 0 Å². The van der Waals surface area contributed by atoms with Crippen LogP contribution in [0.15, 0.2) is 33.7 Å². The predicted molar refractivity (Wildman–Crippen MR) is 113 cm³/mol. The van der Waals surface area contributed by atoms with Crippen LogP contribution in [0.25, 0.3) is 0 Å². The largest absolute Gasteiger partial charge is 0.359 e. The number of hydrogen-bond acceptors (Lipinski definition) is 2. The third-order valence-electron chi connectivity index (χ3n) is 4.22. The molecule has 1 fully saturated rings. The average Bonchev–Trinajstić information content (AvgIpc) is 2.56. The van der Waals surface area contributed by atoms with Crippen LogP contribution in [0.4, 0.5) is 0 Å². The van der Waals surface area contributed by atoms with E-state index in [4.69, 9.17) is 0 Å². The summed E-state index contributed by atoms with van der Waals surface area (Å²) in [6.07, 6.45) is 2.70. The second kappa shape index (κ2) is 10.9. The lowest BCUT2D eigenvalue weighted by Gasteiger charge is -2.34. The Labute approximate surface area is 169 Å². The average molecular weight is 509 g/mol. The number of aliphatic imine (C=N–C) groups is 1. The Morgan fingerprint density at radius 2 is 2.08 bits per heavy atom. The standard InChI is InChI=1S/C17H25BrN4O.HI/c1-19-16(23)11-13-6-8-22(9-7-13)17(20-2)21-12-14-4-3-5-15(18)10-14;/h3-5,10,13H,6-9,11-12H2,1-2H3,(H,19,23)(H,20,21);1H. The molecule has 0 spiro atoms. The Hall–Kier alpha value is -0.830. The van der Waals surface area contributed by atoms with Gasteiger partial charge in [0, 0.05) is 44.6 Å². The van der Waals surface area contributed by atoms with Gasteiger partial charge in [0.1, 0.15) is 0 Å². The van der Waals surface area contributed by atoms with E-state index >= 15 is 0 Å². The molecule has 1 aliphatic heterocycles. The first-order chi connectivity index (χ1) is 11.1. The number of benzene rings is 1. The van der Waals surface area contributed by atoms with E-state index in [0.717, 1.165) is 42.9 Å². The first-order valence-electron chi connectivity index (χ1n) is 8.03. The van der Waals surface area contributed by atoms with Crippen molar-refractivity contribution < 1.29 is 4.79 Å². The molecule has 0 aromatic heterocycles. The molecule has 5 nitrogen and oxygen atoms in total. The summed E-state index contributed by atoms with van der Waals surface area (Å²) < 4.78 is 1.09. The van der Waals surface area contributed by atoms with Crippen LogP contribution in [0.5, 0.6) is 0 Å². The first-order valence-corrected chi connectivity index (χ1v) is 8.82. The number of likely N-dealkylation sites (tertiary alicyclic amines) is 1. The van der Waals surface area contributed by atoms with Gasteiger partial charge in [0.2, 0.25) is 5.91 Å². The molecular weight excluding hydrogens is 483 g/mol. The molecule has 0 unspecified atom stereocenters. The van der Waals surface area contributed by atoms with Gasteiger partial charge >= 0.3 is 0 Å². The molecule has 1 aromatic rings. The highest BCUT2D eigenvalue weighted by molar-refractivity contribution is 14.0. The van der Waals surface area contributed by atoms with Gasteiger partial charge < -0.3 is 15.5 Å². The smallest absolute Gasteiger partial charge is 0.220 e. The molecule has 1 aromatic carbocycles. The number of guanidine groups is 1. The molecule has 1 saturated heterocycles. The zero-order valence-electron chi connectivity index (χ0n) is 14.2. The molecule has 24 heavy (non-hydrogen) atoms. The van der Waals surface area contributed by atoms with Gasteiger partial charge in [-0.25, -0.2) is 0 Å². The van der Waals surface area contributed by atoms with Crippen molar-refractivity contribution in [2.24, 2.45) is 10.9 Å². The fourth-order valence-electron chi connectivity index (χ4n) is 2.87. The topological polar surface area (TPSA) is 56.7 Å². The van der Waals surface area contributed by atoms with E-state index < -0.39 is 0 Å². The van der Waals surface area contributed by atoms with Crippen molar-refractivity contribution in [2.75, 3.05) is 27.2 Å². The van der Waals surface area contributed by atoms with Gasteiger partial charge in [-0.05, 0) is 36.5 Å². The molecular formula is C17H26BrIN4O. The summed E-state index contributed by atoms with van der Waals surface area (Å²) >= 11 is 3.49. The molecule has 0 atom stereocenters. The highest BCUT2D eigenvalue weighted by Gasteiger charge is 2.22. The second-order valence-electron chi connectivity index (χ2n) is 5.84. The lowest BCUT2D eigenvalue weighted by molar-refractivity contribution is -0.121. The van der Waals surface area contributed by atoms with Gasteiger partial charge in [-0.15, -0.1) is 24.0 Å². The third kappa shape index (κ3) is 6.58. The van der Waals surface area contributed by atoms with Crippen LogP contribution >= 0.6 is 39.9 Å². The Bertz CT molecular complexity index is 559. The van der Waals surface area contributed by atoms with E-state index in [0.29, 0.717) is 12.3 Å². The molecule has 1 amide bonds. The molecule has 0 aliphatic carbocycles. The van der Waals surface area contributed by atoms with Crippen LogP contribution in [0.1, 0.15) is 24.8 Å². The lowest BCUT2D eigenvalue weighted by Crippen LogP contribution is -2.45. The molecule has 1 heterocycles. The van der Waals surface area contributed by atoms with Crippen LogP contribution in [0, 0.1) is 5.92 Å². The van der Waals surface area contributed by atoms with E-state index in [1.807, 2.05) is 19.2 Å². The zero-order valence-corrected chi connectivity index (χ0v) is 18.1. The molecule has 134 valence electrons. The number of carbonyl (C=O) groups is 1. The van der Waals surface area contributed by atoms with Crippen LogP contribution in [-0.4, -0.2) is 44.0 Å². The Morgan fingerprint density at radius 3 is 2.67 bits per heavy atom. The van der Waals surface area contributed by atoms with Crippen molar-refractivity contribution in [1.82, 2.24) is 15.5 Å². The highest BCUT2D eigenvalue weighted by atomic mass is 127. The third-order valence-corrected chi connectivity index (χ3v) is 4.71. The van der Waals surface area contributed by atoms with Crippen molar-refractivity contribution in [3.63, 3.8) is 0 Å². The van der Waals surface area contributed by atoms with E-state index in [-0.39, 0.29) is 29.9 Å². The summed E-state index contributed by atoms with van der Waals surface area (Å²) in [5, 5.41) is 6.13. The predicted octanol–water partition coefficient (Wildman–Crippen LogP) is 2.99. The summed E-state index contributed by atoms with van der Waals surface area (Å²) in [5.74, 6) is 1.55. The Kier molecular flexibility index (Phi) is 9.65. The van der Waals surface area contributed by atoms with E-state index in [2.05, 4.69) is 48.6 Å². The van der Waals surface area contributed by atoms with Crippen LogP contribution in [0.3, 0.4) is 0 Å². The van der Waals surface area contributed by atoms with Gasteiger partial charge in [-0.1, -0.05) is 28.1 Å². The Balaban J connectivity index is 0.00000288. The minimum Gasteiger partial charge on any atom is -0.359 e. The number of amides is 1. The minimum absolute atomic E-state index is 0. The summed E-state index contributed by atoms with van der Waals surface area (Å²) in [7, 11) is 3.52. The lowest BCUT2D eigenvalue weighted by atomic mass is 9.93. The van der Waals surface area contributed by atoms with Crippen LogP contribution in [-0.2, 0) is 11.3 Å². The van der Waals surface area contributed by atoms with E-state index in [9.17, 15) is 4.79 Å². The maximum Gasteiger partial charge on any atom is 0.220 e. The quantitative estimate of drug-likeness (QED) is 0.373. The molecule has 0 radical (unpaired) electrons. The number of carbonyl (C=O) groups excluding carboxylic acids is 1. The van der Waals surface area contributed by atoms with Gasteiger partial charge in [-0.2, -0.15) is 0 Å². The SMILES string of the molecule is CN=C(NCc1cccc(Br)c1)N1CCC(CC(=O)NC)CC1.I. The summed E-state index contributed by atoms with van der Waals surface area (Å²) in [6.45, 7) is 2.64. The van der Waals surface area contributed by atoms with Gasteiger partial charge in [0.25, 0.3) is 0 Å². The summed E-state index contributed by atoms with van der Waals surface area (Å²) in [5.41, 5.74) is 1.22. The van der Waals surface area contributed by atoms with Crippen molar-refractivity contribution in [2.45, 2.75) is 25.8 Å². The molecule has 0 saturated carbocycles. The van der Waals surface area contributed by atoms with Gasteiger partial charge in [-0.3, -0.25) is 9.79 Å². The first kappa shape index (κ1) is 21.2. The fourth-order valence-corrected chi connectivity index (χ4v) is 3.32. The van der Waals surface area contributed by atoms with Crippen LogP contribution in [0.2, 0.25) is 0 Å². The van der Waals surface area contributed by atoms with Gasteiger partial charge in [0.15, 0.2) is 5.96 Å². The number of hydrogen-bond donors (Lipinski definition) is 2. The van der Waals surface area contributed by atoms with Crippen molar-refractivity contribution in [3.8, 4) is 0 Å². The van der Waals surface area contributed by atoms with Gasteiger partial charge in [0.05, 0.1) is 0 Å². The zero-order chi connectivity index (χ0) is 16.7. The van der Waals surface area contributed by atoms with E-state index in [1.165, 1.54) is 5.56 Å².